The third-order valence-corrected chi connectivity index (χ3v) is 7.51. The van der Waals surface area contributed by atoms with Crippen LogP contribution in [-0.2, 0) is 17.3 Å². The van der Waals surface area contributed by atoms with Crippen LogP contribution in [-0.4, -0.2) is 31.4 Å². The van der Waals surface area contributed by atoms with Crippen LogP contribution in [0.3, 0.4) is 0 Å². The Bertz CT molecular complexity index is 1320. The minimum absolute atomic E-state index is 0.101. The lowest BCUT2D eigenvalue weighted by Crippen LogP contribution is -2.14. The number of nitrogens with one attached hydrogen (secondary N) is 1. The number of hydrogen-bond acceptors (Lipinski definition) is 6. The minimum Gasteiger partial charge on any atom is -0.305 e. The minimum atomic E-state index is -0.120. The number of aryl methyl sites for hydroxylation is 2. The molecule has 4 aromatic rings. The summed E-state index contributed by atoms with van der Waals surface area (Å²) in [6.45, 7) is 10.8. The van der Waals surface area contributed by atoms with E-state index in [1.165, 1.54) is 39.8 Å². The number of amides is 1. The summed E-state index contributed by atoms with van der Waals surface area (Å²) < 4.78 is 1.92. The maximum absolute atomic E-state index is 12.5. The molecule has 0 aliphatic heterocycles. The zero-order valence-corrected chi connectivity index (χ0v) is 22.0. The summed E-state index contributed by atoms with van der Waals surface area (Å²) in [5.74, 6) is 0.888. The van der Waals surface area contributed by atoms with E-state index in [1.54, 1.807) is 0 Å². The van der Waals surface area contributed by atoms with Gasteiger partial charge in [0.05, 0.1) is 11.4 Å². The van der Waals surface area contributed by atoms with Crippen molar-refractivity contribution in [1.29, 1.82) is 0 Å². The number of rotatable bonds is 6. The Kier molecular flexibility index (Phi) is 6.91. The fourth-order valence-corrected chi connectivity index (χ4v) is 4.91. The van der Waals surface area contributed by atoms with Gasteiger partial charge in [-0.2, -0.15) is 0 Å². The van der Waals surface area contributed by atoms with Crippen molar-refractivity contribution in [1.82, 2.24) is 19.7 Å². The number of thiazole rings is 1. The second-order valence-corrected chi connectivity index (χ2v) is 11.2. The van der Waals surface area contributed by atoms with Gasteiger partial charge in [0.15, 0.2) is 16.1 Å². The largest absolute Gasteiger partial charge is 0.305 e. The monoisotopic (exact) mass is 491 g/mol. The van der Waals surface area contributed by atoms with Gasteiger partial charge in [0.2, 0.25) is 5.91 Å². The van der Waals surface area contributed by atoms with Gasteiger partial charge >= 0.3 is 0 Å². The summed E-state index contributed by atoms with van der Waals surface area (Å²) in [6.07, 6.45) is 0. The number of thioether (sulfide) groups is 1. The van der Waals surface area contributed by atoms with Crippen molar-refractivity contribution in [2.75, 3.05) is 11.1 Å². The lowest BCUT2D eigenvalue weighted by atomic mass is 9.87. The van der Waals surface area contributed by atoms with E-state index in [0.29, 0.717) is 10.3 Å². The van der Waals surface area contributed by atoms with Crippen LogP contribution in [0.2, 0.25) is 0 Å². The van der Waals surface area contributed by atoms with Crippen LogP contribution in [0, 0.1) is 13.8 Å². The molecule has 0 spiro atoms. The molecule has 34 heavy (non-hydrogen) atoms. The van der Waals surface area contributed by atoms with Gasteiger partial charge < -0.3 is 9.88 Å². The predicted molar refractivity (Wildman–Crippen MR) is 142 cm³/mol. The summed E-state index contributed by atoms with van der Waals surface area (Å²) in [5, 5.41) is 14.8. The summed E-state index contributed by atoms with van der Waals surface area (Å²) in [4.78, 5) is 17.1. The molecule has 1 amide bonds. The second-order valence-electron chi connectivity index (χ2n) is 9.37. The number of anilines is 1. The third kappa shape index (κ3) is 5.39. The topological polar surface area (TPSA) is 72.7 Å². The highest BCUT2D eigenvalue weighted by Crippen LogP contribution is 2.28. The Morgan fingerprint density at radius 2 is 1.74 bits per heavy atom. The van der Waals surface area contributed by atoms with Crippen LogP contribution in [0.5, 0.6) is 0 Å². The normalized spacial score (nSPS) is 11.6. The van der Waals surface area contributed by atoms with Gasteiger partial charge in [0, 0.05) is 23.6 Å². The molecule has 4 rings (SSSR count). The van der Waals surface area contributed by atoms with E-state index >= 15 is 0 Å². The first-order valence-electron chi connectivity index (χ1n) is 11.1. The Hall–Kier alpha value is -2.97. The number of benzene rings is 2. The summed E-state index contributed by atoms with van der Waals surface area (Å²) in [5.41, 5.74) is 6.76. The number of carbonyl (C=O) groups excluding carboxylic acids is 1. The first-order valence-corrected chi connectivity index (χ1v) is 12.9. The van der Waals surface area contributed by atoms with E-state index in [-0.39, 0.29) is 17.1 Å². The molecular formula is C26H29N5OS2. The number of hydrogen-bond donors (Lipinski definition) is 1. The van der Waals surface area contributed by atoms with Crippen LogP contribution in [0.1, 0.15) is 37.5 Å². The summed E-state index contributed by atoms with van der Waals surface area (Å²) >= 11 is 2.78. The summed E-state index contributed by atoms with van der Waals surface area (Å²) in [6, 6.07) is 14.7. The molecule has 176 valence electrons. The quantitative estimate of drug-likeness (QED) is 0.323. The first kappa shape index (κ1) is 24.2. The van der Waals surface area contributed by atoms with Gasteiger partial charge in [-0.3, -0.25) is 4.79 Å². The molecule has 0 unspecified atom stereocenters. The van der Waals surface area contributed by atoms with Crippen molar-refractivity contribution in [2.45, 2.75) is 45.2 Å². The maximum Gasteiger partial charge on any atom is 0.236 e. The molecule has 0 aliphatic carbocycles. The molecule has 0 bridgehead atoms. The SMILES string of the molecule is Cc1ccc(-c2csc(NC(=O)CSc3nnc(-c4ccc(C(C)(C)C)cc4)n3C)n2)cc1C. The van der Waals surface area contributed by atoms with Gasteiger partial charge in [0.25, 0.3) is 0 Å². The molecule has 6 nitrogen and oxygen atoms in total. The van der Waals surface area contributed by atoms with Crippen LogP contribution >= 0.6 is 23.1 Å². The van der Waals surface area contributed by atoms with E-state index in [9.17, 15) is 4.79 Å². The number of aromatic nitrogens is 4. The molecule has 2 aromatic carbocycles. The maximum atomic E-state index is 12.5. The van der Waals surface area contributed by atoms with E-state index in [1.807, 2.05) is 17.0 Å². The Morgan fingerprint density at radius 3 is 2.41 bits per heavy atom. The molecule has 1 N–H and O–H groups in total. The van der Waals surface area contributed by atoms with Crippen molar-refractivity contribution in [3.05, 3.63) is 64.5 Å². The van der Waals surface area contributed by atoms with E-state index < -0.39 is 0 Å². The molecule has 0 fully saturated rings. The Labute approximate surface area is 208 Å². The molecule has 0 aliphatic rings. The average molecular weight is 492 g/mol. The fraction of sp³-hybridized carbons (Fsp3) is 0.308. The first-order chi connectivity index (χ1) is 16.1. The highest BCUT2D eigenvalue weighted by atomic mass is 32.2. The van der Waals surface area contributed by atoms with Gasteiger partial charge in [-0.1, -0.05) is 68.9 Å². The third-order valence-electron chi connectivity index (χ3n) is 5.73. The van der Waals surface area contributed by atoms with Crippen molar-refractivity contribution < 1.29 is 4.79 Å². The highest BCUT2D eigenvalue weighted by Gasteiger charge is 2.16. The zero-order chi connectivity index (χ0) is 24.5. The molecule has 0 atom stereocenters. The van der Waals surface area contributed by atoms with E-state index in [4.69, 9.17) is 0 Å². The van der Waals surface area contributed by atoms with Gasteiger partial charge in [-0.15, -0.1) is 21.5 Å². The standard InChI is InChI=1S/C26H29N5OS2/c1-16-7-8-19(13-17(16)2)21-14-33-24(27-21)28-22(32)15-34-25-30-29-23(31(25)6)18-9-11-20(12-10-18)26(3,4)5/h7-14H,15H2,1-6H3,(H,27,28,32). The number of carbonyl (C=O) groups is 1. The van der Waals surface area contributed by atoms with E-state index in [2.05, 4.69) is 97.6 Å². The number of nitrogens with zero attached hydrogens (tertiary/aromatic N) is 4. The molecule has 2 aromatic heterocycles. The Morgan fingerprint density at radius 1 is 1.03 bits per heavy atom. The lowest BCUT2D eigenvalue weighted by Gasteiger charge is -2.19. The summed E-state index contributed by atoms with van der Waals surface area (Å²) in [7, 11) is 1.92. The van der Waals surface area contributed by atoms with Crippen molar-refractivity contribution in [2.24, 2.45) is 7.05 Å². The van der Waals surface area contributed by atoms with Gasteiger partial charge in [-0.25, -0.2) is 4.98 Å². The Balaban J connectivity index is 1.37. The fourth-order valence-electron chi connectivity index (χ4n) is 3.46. The van der Waals surface area contributed by atoms with Crippen LogP contribution in [0.4, 0.5) is 5.13 Å². The molecule has 0 radical (unpaired) electrons. The van der Waals surface area contributed by atoms with Crippen LogP contribution < -0.4 is 5.32 Å². The zero-order valence-electron chi connectivity index (χ0n) is 20.3. The van der Waals surface area contributed by atoms with Gasteiger partial charge in [0.1, 0.15) is 0 Å². The second kappa shape index (κ2) is 9.72. The highest BCUT2D eigenvalue weighted by molar-refractivity contribution is 7.99. The van der Waals surface area contributed by atoms with Crippen molar-refractivity contribution in [3.63, 3.8) is 0 Å². The van der Waals surface area contributed by atoms with Crippen LogP contribution in [0.25, 0.3) is 22.6 Å². The van der Waals surface area contributed by atoms with Crippen molar-refractivity contribution >= 4 is 34.1 Å². The average Bonchev–Trinajstić information content (AvgIpc) is 3.40. The predicted octanol–water partition coefficient (Wildman–Crippen LogP) is 6.25. The molecule has 8 heteroatoms. The molecular weight excluding hydrogens is 462 g/mol. The molecule has 0 saturated heterocycles. The van der Waals surface area contributed by atoms with Gasteiger partial charge in [-0.05, 0) is 42.0 Å². The van der Waals surface area contributed by atoms with Crippen molar-refractivity contribution in [3.8, 4) is 22.6 Å². The molecule has 0 saturated carbocycles. The van der Waals surface area contributed by atoms with E-state index in [0.717, 1.165) is 22.6 Å². The lowest BCUT2D eigenvalue weighted by molar-refractivity contribution is -0.113. The van der Waals surface area contributed by atoms with Crippen LogP contribution in [0.15, 0.2) is 53.0 Å². The smallest absolute Gasteiger partial charge is 0.236 e. The molecule has 2 heterocycles.